The summed E-state index contributed by atoms with van der Waals surface area (Å²) in [5, 5.41) is 7.62. The Labute approximate surface area is 95.1 Å². The average molecular weight is 219 g/mol. The molecule has 2 aromatic heterocycles. The Hall–Kier alpha value is -1.62. The van der Waals surface area contributed by atoms with Crippen LogP contribution in [0, 0.1) is 0 Å². The van der Waals surface area contributed by atoms with Crippen molar-refractivity contribution in [3.63, 3.8) is 0 Å². The van der Waals surface area contributed by atoms with Gasteiger partial charge in [0.15, 0.2) is 0 Å². The third-order valence-electron chi connectivity index (χ3n) is 2.52. The Bertz CT molecular complexity index is 404. The summed E-state index contributed by atoms with van der Waals surface area (Å²) in [5.41, 5.74) is 1.23. The van der Waals surface area contributed by atoms with Gasteiger partial charge in [-0.25, -0.2) is 4.98 Å². The van der Waals surface area contributed by atoms with Gasteiger partial charge < -0.3 is 9.88 Å². The van der Waals surface area contributed by atoms with E-state index < -0.39 is 0 Å². The number of aromatic nitrogens is 4. The Morgan fingerprint density at radius 2 is 2.31 bits per heavy atom. The van der Waals surface area contributed by atoms with Crippen molar-refractivity contribution in [3.8, 4) is 0 Å². The quantitative estimate of drug-likeness (QED) is 0.734. The summed E-state index contributed by atoms with van der Waals surface area (Å²) in [6, 6.07) is 2.05. The van der Waals surface area contributed by atoms with Gasteiger partial charge in [0.1, 0.15) is 0 Å². The molecular formula is C11H17N5. The molecule has 0 atom stereocenters. The van der Waals surface area contributed by atoms with Crippen LogP contribution in [0.25, 0.3) is 0 Å². The van der Waals surface area contributed by atoms with Crippen molar-refractivity contribution in [2.45, 2.75) is 26.6 Å². The number of imidazole rings is 1. The Morgan fingerprint density at radius 1 is 1.38 bits per heavy atom. The summed E-state index contributed by atoms with van der Waals surface area (Å²) in [6.07, 6.45) is 7.44. The van der Waals surface area contributed by atoms with Crippen LogP contribution in [0.3, 0.4) is 0 Å². The molecule has 0 saturated carbocycles. The van der Waals surface area contributed by atoms with Crippen LogP contribution in [0.1, 0.15) is 12.6 Å². The molecule has 0 aliphatic rings. The molecule has 0 amide bonds. The van der Waals surface area contributed by atoms with Crippen molar-refractivity contribution < 1.29 is 0 Å². The Balaban J connectivity index is 1.72. The van der Waals surface area contributed by atoms with E-state index in [4.69, 9.17) is 0 Å². The first-order valence-electron chi connectivity index (χ1n) is 5.57. The lowest BCUT2D eigenvalue weighted by atomic mass is 10.4. The van der Waals surface area contributed by atoms with Crippen molar-refractivity contribution >= 4 is 0 Å². The van der Waals surface area contributed by atoms with Gasteiger partial charge in [-0.1, -0.05) is 0 Å². The fourth-order valence-electron chi connectivity index (χ4n) is 1.64. The molecule has 16 heavy (non-hydrogen) atoms. The predicted molar refractivity (Wildman–Crippen MR) is 61.8 cm³/mol. The molecule has 0 radical (unpaired) electrons. The van der Waals surface area contributed by atoms with Gasteiger partial charge in [-0.3, -0.25) is 4.68 Å². The lowest BCUT2D eigenvalue weighted by Crippen LogP contribution is -2.20. The molecule has 86 valence electrons. The molecule has 1 N–H and O–H groups in total. The fraction of sp³-hybridized carbons (Fsp3) is 0.455. The highest BCUT2D eigenvalue weighted by Gasteiger charge is 1.99. The molecular weight excluding hydrogens is 202 g/mol. The average Bonchev–Trinajstić information content (AvgIpc) is 2.95. The Morgan fingerprint density at radius 3 is 3.06 bits per heavy atom. The number of nitrogens with zero attached hydrogens (tertiary/aromatic N) is 4. The van der Waals surface area contributed by atoms with E-state index in [0.717, 1.165) is 26.2 Å². The summed E-state index contributed by atoms with van der Waals surface area (Å²) >= 11 is 0. The van der Waals surface area contributed by atoms with Crippen molar-refractivity contribution in [3.05, 3.63) is 36.7 Å². The van der Waals surface area contributed by atoms with Crippen LogP contribution in [0.5, 0.6) is 0 Å². The highest BCUT2D eigenvalue weighted by Crippen LogP contribution is 1.97. The van der Waals surface area contributed by atoms with E-state index in [1.807, 2.05) is 29.5 Å². The minimum Gasteiger partial charge on any atom is -0.336 e. The van der Waals surface area contributed by atoms with Crippen LogP contribution in [-0.4, -0.2) is 25.9 Å². The molecule has 0 aromatic carbocycles. The van der Waals surface area contributed by atoms with Gasteiger partial charge >= 0.3 is 0 Å². The molecule has 2 heterocycles. The van der Waals surface area contributed by atoms with Crippen molar-refractivity contribution in [2.24, 2.45) is 0 Å². The summed E-state index contributed by atoms with van der Waals surface area (Å²) in [6.45, 7) is 5.77. The molecule has 0 fully saturated rings. The van der Waals surface area contributed by atoms with Gasteiger partial charge in [0.2, 0.25) is 0 Å². The van der Waals surface area contributed by atoms with Gasteiger partial charge in [0, 0.05) is 44.8 Å². The topological polar surface area (TPSA) is 47.7 Å². The van der Waals surface area contributed by atoms with E-state index >= 15 is 0 Å². The minimum absolute atomic E-state index is 0.864. The van der Waals surface area contributed by atoms with Gasteiger partial charge in [-0.15, -0.1) is 0 Å². The van der Waals surface area contributed by atoms with Crippen LogP contribution < -0.4 is 5.32 Å². The lowest BCUT2D eigenvalue weighted by Gasteiger charge is -2.07. The fourth-order valence-corrected chi connectivity index (χ4v) is 1.64. The second-order valence-electron chi connectivity index (χ2n) is 3.62. The molecule has 0 aliphatic carbocycles. The first-order valence-corrected chi connectivity index (χ1v) is 5.57. The summed E-state index contributed by atoms with van der Waals surface area (Å²) < 4.78 is 4.06. The maximum atomic E-state index is 4.22. The van der Waals surface area contributed by atoms with E-state index in [-0.39, 0.29) is 0 Å². The molecule has 5 nitrogen and oxygen atoms in total. The third-order valence-corrected chi connectivity index (χ3v) is 2.52. The highest BCUT2D eigenvalue weighted by molar-refractivity contribution is 4.99. The van der Waals surface area contributed by atoms with E-state index in [1.54, 1.807) is 6.20 Å². The number of hydrogen-bond donors (Lipinski definition) is 1. The van der Waals surface area contributed by atoms with Crippen LogP contribution in [-0.2, 0) is 19.6 Å². The minimum atomic E-state index is 0.864. The van der Waals surface area contributed by atoms with Crippen LogP contribution in [0.15, 0.2) is 31.0 Å². The van der Waals surface area contributed by atoms with E-state index in [0.29, 0.717) is 0 Å². The smallest absolute Gasteiger partial charge is 0.0946 e. The second-order valence-corrected chi connectivity index (χ2v) is 3.62. The normalized spacial score (nSPS) is 10.8. The van der Waals surface area contributed by atoms with Gasteiger partial charge in [0.05, 0.1) is 12.0 Å². The highest BCUT2D eigenvalue weighted by atomic mass is 15.3. The second kappa shape index (κ2) is 5.46. The van der Waals surface area contributed by atoms with Crippen molar-refractivity contribution in [1.82, 2.24) is 24.6 Å². The molecule has 0 saturated heterocycles. The van der Waals surface area contributed by atoms with E-state index in [2.05, 4.69) is 26.9 Å². The zero-order valence-corrected chi connectivity index (χ0v) is 9.50. The molecule has 0 spiro atoms. The maximum absolute atomic E-state index is 4.22. The third kappa shape index (κ3) is 2.70. The molecule has 0 aliphatic heterocycles. The lowest BCUT2D eigenvalue weighted by molar-refractivity contribution is 0.554. The number of nitrogens with one attached hydrogen (secondary N) is 1. The van der Waals surface area contributed by atoms with Crippen LogP contribution in [0.4, 0.5) is 0 Å². The summed E-state index contributed by atoms with van der Waals surface area (Å²) in [4.78, 5) is 4.00. The van der Waals surface area contributed by atoms with Gasteiger partial charge in [-0.2, -0.15) is 5.10 Å². The van der Waals surface area contributed by atoms with Gasteiger partial charge in [-0.05, 0) is 13.0 Å². The molecule has 2 rings (SSSR count). The summed E-state index contributed by atoms with van der Waals surface area (Å²) in [7, 11) is 0. The zero-order valence-electron chi connectivity index (χ0n) is 9.50. The van der Waals surface area contributed by atoms with Crippen LogP contribution in [0.2, 0.25) is 0 Å². The first kappa shape index (κ1) is 10.9. The molecule has 2 aromatic rings. The first-order chi connectivity index (χ1) is 7.90. The van der Waals surface area contributed by atoms with E-state index in [9.17, 15) is 0 Å². The maximum Gasteiger partial charge on any atom is 0.0946 e. The summed E-state index contributed by atoms with van der Waals surface area (Å²) in [5.74, 6) is 0. The van der Waals surface area contributed by atoms with E-state index in [1.165, 1.54) is 5.69 Å². The number of aryl methyl sites for hydroxylation is 1. The standard InChI is InChI=1S/C11H17N5/c1-2-16-11(3-4-14-16)9-12-5-7-15-8-6-13-10-15/h3-4,6,8,10,12H,2,5,7,9H2,1H3. The number of rotatable bonds is 6. The Kier molecular flexibility index (Phi) is 3.71. The van der Waals surface area contributed by atoms with Gasteiger partial charge in [0.25, 0.3) is 0 Å². The SMILES string of the molecule is CCn1nccc1CNCCn1ccnc1. The van der Waals surface area contributed by atoms with Crippen LogP contribution >= 0.6 is 0 Å². The molecule has 5 heteroatoms. The monoisotopic (exact) mass is 219 g/mol. The molecule has 0 unspecified atom stereocenters. The predicted octanol–water partition coefficient (Wildman–Crippen LogP) is 0.889. The zero-order chi connectivity index (χ0) is 11.2. The van der Waals surface area contributed by atoms with Crippen molar-refractivity contribution in [2.75, 3.05) is 6.54 Å². The van der Waals surface area contributed by atoms with Crippen molar-refractivity contribution in [1.29, 1.82) is 0 Å². The number of hydrogen-bond acceptors (Lipinski definition) is 3. The molecule has 0 bridgehead atoms. The largest absolute Gasteiger partial charge is 0.336 e.